The maximum atomic E-state index is 12.2. The third kappa shape index (κ3) is 2.02. The van der Waals surface area contributed by atoms with Crippen molar-refractivity contribution < 1.29 is 5.11 Å². The monoisotopic (exact) mass is 265 g/mol. The molecule has 2 aromatic carbocycles. The highest BCUT2D eigenvalue weighted by Gasteiger charge is 2.15. The average Bonchev–Trinajstić information content (AvgIpc) is 2.51. The Balaban J connectivity index is 2.23. The number of aryl methyl sites for hydroxylation is 1. The van der Waals surface area contributed by atoms with Crippen LogP contribution in [0, 0.1) is 0 Å². The van der Waals surface area contributed by atoms with Gasteiger partial charge in [-0.3, -0.25) is 4.79 Å². The summed E-state index contributed by atoms with van der Waals surface area (Å²) in [6.45, 7) is 0. The molecule has 1 heterocycles. The average molecular weight is 265 g/mol. The highest BCUT2D eigenvalue weighted by molar-refractivity contribution is 5.79. The minimum absolute atomic E-state index is 0.0660. The van der Waals surface area contributed by atoms with Crippen LogP contribution in [0.2, 0.25) is 0 Å². The van der Waals surface area contributed by atoms with Crippen LogP contribution >= 0.6 is 0 Å². The molecule has 0 fully saturated rings. The van der Waals surface area contributed by atoms with Crippen LogP contribution in [0.5, 0.6) is 0 Å². The van der Waals surface area contributed by atoms with E-state index >= 15 is 0 Å². The predicted octanol–water partition coefficient (Wildman–Crippen LogP) is 2.62. The molecule has 1 N–H and O–H groups in total. The first-order valence-electron chi connectivity index (χ1n) is 6.50. The number of rotatable bonds is 2. The van der Waals surface area contributed by atoms with Crippen LogP contribution in [0.4, 0.5) is 0 Å². The number of nitrogens with zero attached hydrogens (tertiary/aromatic N) is 1. The second-order valence-electron chi connectivity index (χ2n) is 4.82. The Morgan fingerprint density at radius 1 is 1.00 bits per heavy atom. The fraction of sp³-hybridized carbons (Fsp3) is 0.118. The molecule has 0 aliphatic rings. The Morgan fingerprint density at radius 2 is 1.65 bits per heavy atom. The number of para-hydroxylation sites is 1. The van der Waals surface area contributed by atoms with Crippen LogP contribution in [0.15, 0.2) is 65.5 Å². The Hall–Kier alpha value is -2.39. The second kappa shape index (κ2) is 4.94. The number of aromatic nitrogens is 1. The maximum absolute atomic E-state index is 12.2. The first kappa shape index (κ1) is 12.6. The van der Waals surface area contributed by atoms with Crippen molar-refractivity contribution in [1.29, 1.82) is 0 Å². The number of aliphatic hydroxyl groups excluding tert-OH is 1. The zero-order valence-electron chi connectivity index (χ0n) is 11.2. The molecule has 20 heavy (non-hydrogen) atoms. The highest BCUT2D eigenvalue weighted by Crippen LogP contribution is 2.22. The molecule has 0 spiro atoms. The van der Waals surface area contributed by atoms with Gasteiger partial charge in [-0.05, 0) is 17.7 Å². The number of hydrogen-bond acceptors (Lipinski definition) is 2. The standard InChI is InChI=1S/C17H15NO2/c1-18-14-10-6-5-9-13(14)16(19)11-15(18)17(20)12-7-3-2-4-8-12/h2-11,17,20H,1H3. The zero-order chi connectivity index (χ0) is 14.1. The van der Waals surface area contributed by atoms with Gasteiger partial charge in [0, 0.05) is 18.5 Å². The van der Waals surface area contributed by atoms with Crippen LogP contribution in [0.25, 0.3) is 10.9 Å². The second-order valence-corrected chi connectivity index (χ2v) is 4.82. The summed E-state index contributed by atoms with van der Waals surface area (Å²) in [7, 11) is 1.86. The molecule has 3 rings (SSSR count). The van der Waals surface area contributed by atoms with Crippen molar-refractivity contribution in [1.82, 2.24) is 4.57 Å². The molecular formula is C17H15NO2. The lowest BCUT2D eigenvalue weighted by atomic mass is 10.0. The quantitative estimate of drug-likeness (QED) is 0.774. The summed E-state index contributed by atoms with van der Waals surface area (Å²) < 4.78 is 1.87. The lowest BCUT2D eigenvalue weighted by Crippen LogP contribution is -2.15. The van der Waals surface area contributed by atoms with Gasteiger partial charge in [-0.25, -0.2) is 0 Å². The minimum Gasteiger partial charge on any atom is -0.382 e. The fourth-order valence-electron chi connectivity index (χ4n) is 2.49. The number of pyridine rings is 1. The molecule has 0 saturated heterocycles. The Bertz CT molecular complexity index is 806. The van der Waals surface area contributed by atoms with Gasteiger partial charge in [-0.15, -0.1) is 0 Å². The third-order valence-electron chi connectivity index (χ3n) is 3.59. The van der Waals surface area contributed by atoms with Crippen molar-refractivity contribution in [2.24, 2.45) is 7.05 Å². The van der Waals surface area contributed by atoms with Crippen molar-refractivity contribution in [2.75, 3.05) is 0 Å². The van der Waals surface area contributed by atoms with Gasteiger partial charge in [0.1, 0.15) is 6.10 Å². The summed E-state index contributed by atoms with van der Waals surface area (Å²) in [5, 5.41) is 11.2. The smallest absolute Gasteiger partial charge is 0.189 e. The lowest BCUT2D eigenvalue weighted by Gasteiger charge is -2.17. The predicted molar refractivity (Wildman–Crippen MR) is 79.7 cm³/mol. The summed E-state index contributed by atoms with van der Waals surface area (Å²) in [5.41, 5.74) is 2.13. The van der Waals surface area contributed by atoms with Crippen LogP contribution in [-0.2, 0) is 7.05 Å². The van der Waals surface area contributed by atoms with Gasteiger partial charge in [-0.1, -0.05) is 42.5 Å². The molecule has 1 atom stereocenters. The molecule has 0 saturated carbocycles. The Kier molecular flexibility index (Phi) is 3.12. The molecule has 3 nitrogen and oxygen atoms in total. The van der Waals surface area contributed by atoms with E-state index in [-0.39, 0.29) is 5.43 Å². The molecule has 3 heteroatoms. The van der Waals surface area contributed by atoms with E-state index in [1.165, 1.54) is 6.07 Å². The van der Waals surface area contributed by atoms with E-state index in [4.69, 9.17) is 0 Å². The minimum atomic E-state index is -0.807. The van der Waals surface area contributed by atoms with Gasteiger partial charge in [-0.2, -0.15) is 0 Å². The SMILES string of the molecule is Cn1c(C(O)c2ccccc2)cc(=O)c2ccccc21. The molecule has 100 valence electrons. The van der Waals surface area contributed by atoms with Crippen LogP contribution in [0.1, 0.15) is 17.4 Å². The van der Waals surface area contributed by atoms with Gasteiger partial charge >= 0.3 is 0 Å². The molecule has 3 aromatic rings. The van der Waals surface area contributed by atoms with E-state index in [0.29, 0.717) is 11.1 Å². The Morgan fingerprint density at radius 3 is 2.40 bits per heavy atom. The fourth-order valence-corrected chi connectivity index (χ4v) is 2.49. The van der Waals surface area contributed by atoms with Crippen LogP contribution in [-0.4, -0.2) is 9.67 Å². The van der Waals surface area contributed by atoms with E-state index in [2.05, 4.69) is 0 Å². The lowest BCUT2D eigenvalue weighted by molar-refractivity contribution is 0.211. The van der Waals surface area contributed by atoms with Crippen molar-refractivity contribution in [2.45, 2.75) is 6.10 Å². The van der Waals surface area contributed by atoms with E-state index in [1.54, 1.807) is 6.07 Å². The number of fused-ring (bicyclic) bond motifs is 1. The van der Waals surface area contributed by atoms with E-state index in [9.17, 15) is 9.90 Å². The summed E-state index contributed by atoms with van der Waals surface area (Å²) >= 11 is 0. The summed E-state index contributed by atoms with van der Waals surface area (Å²) in [5.74, 6) is 0. The third-order valence-corrected chi connectivity index (χ3v) is 3.59. The van der Waals surface area contributed by atoms with Gasteiger partial charge < -0.3 is 9.67 Å². The summed E-state index contributed by atoms with van der Waals surface area (Å²) in [6, 6.07) is 18.3. The molecule has 0 aliphatic carbocycles. The van der Waals surface area contributed by atoms with Gasteiger partial charge in [0.25, 0.3) is 0 Å². The van der Waals surface area contributed by atoms with Crippen molar-refractivity contribution in [3.05, 3.63) is 82.1 Å². The number of hydrogen-bond donors (Lipinski definition) is 1. The Labute approximate surface area is 116 Å². The van der Waals surface area contributed by atoms with Crippen molar-refractivity contribution in [3.8, 4) is 0 Å². The van der Waals surface area contributed by atoms with Crippen molar-refractivity contribution >= 4 is 10.9 Å². The van der Waals surface area contributed by atoms with E-state index in [0.717, 1.165) is 11.1 Å². The molecule has 1 unspecified atom stereocenters. The first-order chi connectivity index (χ1) is 9.68. The normalized spacial score (nSPS) is 12.5. The van der Waals surface area contributed by atoms with E-state index < -0.39 is 6.10 Å². The largest absolute Gasteiger partial charge is 0.382 e. The number of benzene rings is 2. The number of aliphatic hydroxyl groups is 1. The maximum Gasteiger partial charge on any atom is 0.189 e. The van der Waals surface area contributed by atoms with Gasteiger partial charge in [0.15, 0.2) is 5.43 Å². The van der Waals surface area contributed by atoms with Gasteiger partial charge in [0.2, 0.25) is 0 Å². The molecular weight excluding hydrogens is 250 g/mol. The first-order valence-corrected chi connectivity index (χ1v) is 6.50. The molecule has 0 bridgehead atoms. The van der Waals surface area contributed by atoms with Crippen molar-refractivity contribution in [3.63, 3.8) is 0 Å². The van der Waals surface area contributed by atoms with E-state index in [1.807, 2.05) is 60.1 Å². The molecule has 0 radical (unpaired) electrons. The summed E-state index contributed by atoms with van der Waals surface area (Å²) in [6.07, 6.45) is -0.807. The molecule has 1 aromatic heterocycles. The van der Waals surface area contributed by atoms with Gasteiger partial charge in [0.05, 0.1) is 11.2 Å². The summed E-state index contributed by atoms with van der Waals surface area (Å²) in [4.78, 5) is 12.2. The zero-order valence-corrected chi connectivity index (χ0v) is 11.2. The van der Waals surface area contributed by atoms with Crippen LogP contribution < -0.4 is 5.43 Å². The topological polar surface area (TPSA) is 42.2 Å². The molecule has 0 amide bonds. The van der Waals surface area contributed by atoms with Crippen LogP contribution in [0.3, 0.4) is 0 Å². The molecule has 0 aliphatic heterocycles. The highest BCUT2D eigenvalue weighted by atomic mass is 16.3.